The molecule has 0 aliphatic heterocycles. The van der Waals surface area contributed by atoms with Crippen LogP contribution in [0.3, 0.4) is 0 Å². The molecule has 0 aliphatic rings. The maximum atomic E-state index is 12.3. The third kappa shape index (κ3) is 3.85. The fraction of sp³-hybridized carbons (Fsp3) is 0.235. The standard InChI is InChI=1S/C17H16Cl2N6O3/c1-24-14-10(16(27)25(2)17(24)28)3-4-12(23-14)15(26)21-6-5-20-13-11(19)7-9(18)8-22-13/h3-4,7-8H,5-6H2,1-2H3,(H,20,22)(H,21,26). The first-order valence-electron chi connectivity index (χ1n) is 8.19. The smallest absolute Gasteiger partial charge is 0.332 e. The summed E-state index contributed by atoms with van der Waals surface area (Å²) < 4.78 is 2.22. The van der Waals surface area contributed by atoms with Gasteiger partial charge in [0.15, 0.2) is 0 Å². The molecule has 3 aromatic rings. The van der Waals surface area contributed by atoms with Crippen molar-refractivity contribution in [1.82, 2.24) is 24.4 Å². The molecule has 146 valence electrons. The summed E-state index contributed by atoms with van der Waals surface area (Å²) in [6, 6.07) is 4.48. The van der Waals surface area contributed by atoms with Crippen molar-refractivity contribution in [3.8, 4) is 0 Å². The number of pyridine rings is 2. The number of nitrogens with one attached hydrogen (secondary N) is 2. The van der Waals surface area contributed by atoms with E-state index in [0.717, 1.165) is 4.57 Å². The SMILES string of the molecule is Cn1c(=O)c2ccc(C(=O)NCCNc3ncc(Cl)cc3Cl)nc2n(C)c1=O. The number of carbonyl (C=O) groups excluding carboxylic acids is 1. The second-order valence-electron chi connectivity index (χ2n) is 5.94. The van der Waals surface area contributed by atoms with Crippen molar-refractivity contribution in [2.75, 3.05) is 18.4 Å². The zero-order chi connectivity index (χ0) is 20.4. The van der Waals surface area contributed by atoms with Crippen LogP contribution in [-0.4, -0.2) is 38.1 Å². The highest BCUT2D eigenvalue weighted by Crippen LogP contribution is 2.22. The summed E-state index contributed by atoms with van der Waals surface area (Å²) in [7, 11) is 2.88. The first-order valence-corrected chi connectivity index (χ1v) is 8.95. The number of amides is 1. The Morgan fingerprint density at radius 2 is 1.89 bits per heavy atom. The van der Waals surface area contributed by atoms with Gasteiger partial charge in [0.1, 0.15) is 17.2 Å². The number of rotatable bonds is 5. The maximum absolute atomic E-state index is 12.3. The number of fused-ring (bicyclic) bond motifs is 1. The van der Waals surface area contributed by atoms with Crippen LogP contribution in [-0.2, 0) is 14.1 Å². The Kier molecular flexibility index (Phi) is 5.66. The highest BCUT2D eigenvalue weighted by atomic mass is 35.5. The Balaban J connectivity index is 1.70. The topological polar surface area (TPSA) is 111 Å². The number of hydrogen-bond donors (Lipinski definition) is 2. The van der Waals surface area contributed by atoms with Crippen LogP contribution < -0.4 is 21.9 Å². The first kappa shape index (κ1) is 19.8. The van der Waals surface area contributed by atoms with Crippen LogP contribution in [0.15, 0.2) is 34.0 Å². The molecule has 1 amide bonds. The van der Waals surface area contributed by atoms with Crippen molar-refractivity contribution < 1.29 is 4.79 Å². The molecule has 3 rings (SSSR count). The van der Waals surface area contributed by atoms with Crippen molar-refractivity contribution >= 4 is 46.0 Å². The Morgan fingerprint density at radius 3 is 2.61 bits per heavy atom. The van der Waals surface area contributed by atoms with E-state index in [1.807, 2.05) is 0 Å². The zero-order valence-electron chi connectivity index (χ0n) is 15.0. The maximum Gasteiger partial charge on any atom is 0.332 e. The van der Waals surface area contributed by atoms with Crippen molar-refractivity contribution in [3.63, 3.8) is 0 Å². The lowest BCUT2D eigenvalue weighted by molar-refractivity contribution is 0.0950. The van der Waals surface area contributed by atoms with Gasteiger partial charge in [-0.2, -0.15) is 0 Å². The minimum absolute atomic E-state index is 0.0957. The lowest BCUT2D eigenvalue weighted by atomic mass is 10.2. The molecule has 3 heterocycles. The molecule has 0 saturated heterocycles. The molecule has 0 spiro atoms. The van der Waals surface area contributed by atoms with Gasteiger partial charge >= 0.3 is 5.69 Å². The summed E-state index contributed by atoms with van der Waals surface area (Å²) in [5, 5.41) is 6.73. The Labute approximate surface area is 168 Å². The molecular weight excluding hydrogens is 407 g/mol. The van der Waals surface area contributed by atoms with Crippen molar-refractivity contribution in [3.05, 3.63) is 61.0 Å². The highest BCUT2D eigenvalue weighted by Gasteiger charge is 2.13. The summed E-state index contributed by atoms with van der Waals surface area (Å²) in [4.78, 5) is 44.7. The van der Waals surface area contributed by atoms with Crippen LogP contribution in [0.25, 0.3) is 11.0 Å². The lowest BCUT2D eigenvalue weighted by Gasteiger charge is -2.10. The predicted molar refractivity (Wildman–Crippen MR) is 107 cm³/mol. The molecule has 0 atom stereocenters. The molecule has 0 fully saturated rings. The largest absolute Gasteiger partial charge is 0.367 e. The summed E-state index contributed by atoms with van der Waals surface area (Å²) >= 11 is 11.8. The molecule has 0 aromatic carbocycles. The quantitative estimate of drug-likeness (QED) is 0.597. The van der Waals surface area contributed by atoms with E-state index < -0.39 is 17.2 Å². The normalized spacial score (nSPS) is 10.9. The van der Waals surface area contributed by atoms with Crippen LogP contribution >= 0.6 is 23.2 Å². The number of hydrogen-bond acceptors (Lipinski definition) is 6. The van der Waals surface area contributed by atoms with E-state index >= 15 is 0 Å². The van der Waals surface area contributed by atoms with Crippen molar-refractivity contribution in [2.45, 2.75) is 0 Å². The van der Waals surface area contributed by atoms with Crippen LogP contribution in [0.1, 0.15) is 10.5 Å². The number of nitrogens with zero attached hydrogens (tertiary/aromatic N) is 4. The fourth-order valence-electron chi connectivity index (χ4n) is 2.57. The molecule has 0 saturated carbocycles. The third-order valence-electron chi connectivity index (χ3n) is 4.05. The van der Waals surface area contributed by atoms with Gasteiger partial charge in [-0.1, -0.05) is 23.2 Å². The van der Waals surface area contributed by atoms with Crippen LogP contribution in [0.2, 0.25) is 10.0 Å². The molecule has 0 unspecified atom stereocenters. The van der Waals surface area contributed by atoms with E-state index in [4.69, 9.17) is 23.2 Å². The van der Waals surface area contributed by atoms with E-state index in [-0.39, 0.29) is 23.3 Å². The monoisotopic (exact) mass is 422 g/mol. The summed E-state index contributed by atoms with van der Waals surface area (Å²) in [5.41, 5.74) is -0.734. The summed E-state index contributed by atoms with van der Waals surface area (Å²) in [6.07, 6.45) is 1.46. The van der Waals surface area contributed by atoms with Gasteiger partial charge < -0.3 is 10.6 Å². The minimum atomic E-state index is -0.515. The predicted octanol–water partition coefficient (Wildman–Crippen LogP) is 1.18. The molecule has 28 heavy (non-hydrogen) atoms. The van der Waals surface area contributed by atoms with Gasteiger partial charge in [-0.05, 0) is 18.2 Å². The Morgan fingerprint density at radius 1 is 1.14 bits per heavy atom. The molecular formula is C17H16Cl2N6O3. The minimum Gasteiger partial charge on any atom is -0.367 e. The van der Waals surface area contributed by atoms with E-state index in [1.54, 1.807) is 6.07 Å². The molecule has 2 N–H and O–H groups in total. The number of aryl methyl sites for hydroxylation is 1. The Hall–Kier alpha value is -2.91. The zero-order valence-corrected chi connectivity index (χ0v) is 16.5. The molecule has 0 bridgehead atoms. The van der Waals surface area contributed by atoms with E-state index in [1.165, 1.54) is 37.0 Å². The van der Waals surface area contributed by atoms with Gasteiger partial charge in [-0.3, -0.25) is 18.7 Å². The van der Waals surface area contributed by atoms with Gasteiger partial charge in [0.2, 0.25) is 0 Å². The van der Waals surface area contributed by atoms with Gasteiger partial charge in [-0.15, -0.1) is 0 Å². The second-order valence-corrected chi connectivity index (χ2v) is 6.78. The molecule has 11 heteroatoms. The van der Waals surface area contributed by atoms with Crippen LogP contribution in [0.4, 0.5) is 5.82 Å². The molecule has 9 nitrogen and oxygen atoms in total. The Bertz CT molecular complexity index is 1190. The van der Waals surface area contributed by atoms with Crippen molar-refractivity contribution in [2.24, 2.45) is 14.1 Å². The molecule has 0 aliphatic carbocycles. The van der Waals surface area contributed by atoms with Gasteiger partial charge in [0, 0.05) is 33.4 Å². The van der Waals surface area contributed by atoms with Gasteiger partial charge in [-0.25, -0.2) is 14.8 Å². The summed E-state index contributed by atoms with van der Waals surface area (Å²) in [5.74, 6) is 0.0157. The van der Waals surface area contributed by atoms with Gasteiger partial charge in [0.25, 0.3) is 11.5 Å². The van der Waals surface area contributed by atoms with Crippen LogP contribution in [0.5, 0.6) is 0 Å². The number of carbonyl (C=O) groups is 1. The number of aromatic nitrogens is 4. The second kappa shape index (κ2) is 7.99. The van der Waals surface area contributed by atoms with Gasteiger partial charge in [0.05, 0.1) is 15.4 Å². The molecule has 0 radical (unpaired) electrons. The average molecular weight is 423 g/mol. The lowest BCUT2D eigenvalue weighted by Crippen LogP contribution is -2.37. The third-order valence-corrected chi connectivity index (χ3v) is 4.54. The molecule has 3 aromatic heterocycles. The average Bonchev–Trinajstić information content (AvgIpc) is 2.68. The van der Waals surface area contributed by atoms with Crippen molar-refractivity contribution in [1.29, 1.82) is 0 Å². The number of halogens is 2. The highest BCUT2D eigenvalue weighted by molar-refractivity contribution is 6.35. The van der Waals surface area contributed by atoms with Crippen LogP contribution in [0, 0.1) is 0 Å². The summed E-state index contributed by atoms with van der Waals surface area (Å²) in [6.45, 7) is 0.640. The fourth-order valence-corrected chi connectivity index (χ4v) is 3.02. The van der Waals surface area contributed by atoms with E-state index in [9.17, 15) is 14.4 Å². The van der Waals surface area contributed by atoms with E-state index in [0.29, 0.717) is 22.4 Å². The number of anilines is 1. The first-order chi connectivity index (χ1) is 13.3. The van der Waals surface area contributed by atoms with E-state index in [2.05, 4.69) is 20.6 Å².